The largest absolute Gasteiger partial charge is 0.378 e. The van der Waals surface area contributed by atoms with E-state index in [0.717, 1.165) is 63.8 Å². The van der Waals surface area contributed by atoms with Gasteiger partial charge in [-0.15, -0.1) is 0 Å². The molecule has 1 aromatic heterocycles. The molecule has 6 nitrogen and oxygen atoms in total. The minimum absolute atomic E-state index is 0.234. The number of aryl methyl sites for hydroxylation is 1. The molecular weight excluding hydrogens is 256 g/mol. The molecule has 2 saturated heterocycles. The van der Waals surface area contributed by atoms with Crippen molar-refractivity contribution in [1.82, 2.24) is 20.4 Å². The van der Waals surface area contributed by atoms with Crippen molar-refractivity contribution in [2.45, 2.75) is 44.8 Å². The second-order valence-corrected chi connectivity index (χ2v) is 5.68. The molecular formula is C14H24N4O2. The number of nitrogens with one attached hydrogen (secondary N) is 1. The van der Waals surface area contributed by atoms with Gasteiger partial charge in [-0.2, -0.15) is 4.98 Å². The van der Waals surface area contributed by atoms with Crippen molar-refractivity contribution >= 4 is 0 Å². The zero-order valence-electron chi connectivity index (χ0n) is 12.2. The van der Waals surface area contributed by atoms with Gasteiger partial charge in [0, 0.05) is 39.2 Å². The van der Waals surface area contributed by atoms with Gasteiger partial charge in [0.1, 0.15) is 0 Å². The number of rotatable bonds is 5. The molecule has 2 atom stereocenters. The predicted molar refractivity (Wildman–Crippen MR) is 74.5 cm³/mol. The van der Waals surface area contributed by atoms with E-state index in [1.54, 1.807) is 0 Å². The monoisotopic (exact) mass is 280 g/mol. The van der Waals surface area contributed by atoms with Crippen LogP contribution in [0.4, 0.5) is 0 Å². The highest BCUT2D eigenvalue weighted by atomic mass is 16.5. The molecule has 1 N–H and O–H groups in total. The van der Waals surface area contributed by atoms with Crippen LogP contribution < -0.4 is 5.32 Å². The van der Waals surface area contributed by atoms with E-state index in [0.29, 0.717) is 6.10 Å². The zero-order valence-corrected chi connectivity index (χ0v) is 12.2. The van der Waals surface area contributed by atoms with Crippen LogP contribution in [0.15, 0.2) is 4.52 Å². The van der Waals surface area contributed by atoms with Crippen LogP contribution >= 0.6 is 0 Å². The Balaban J connectivity index is 1.52. The topological polar surface area (TPSA) is 63.4 Å². The summed E-state index contributed by atoms with van der Waals surface area (Å²) in [6.07, 6.45) is 4.55. The first-order valence-electron chi connectivity index (χ1n) is 7.72. The van der Waals surface area contributed by atoms with E-state index in [1.807, 2.05) is 0 Å². The smallest absolute Gasteiger partial charge is 0.226 e. The summed E-state index contributed by atoms with van der Waals surface area (Å²) in [4.78, 5) is 6.94. The third-order valence-electron chi connectivity index (χ3n) is 4.26. The molecule has 6 heteroatoms. The first kappa shape index (κ1) is 14.0. The second-order valence-electron chi connectivity index (χ2n) is 5.68. The molecule has 20 heavy (non-hydrogen) atoms. The van der Waals surface area contributed by atoms with Crippen molar-refractivity contribution in [3.8, 4) is 0 Å². The first-order chi connectivity index (χ1) is 9.83. The molecule has 2 unspecified atom stereocenters. The van der Waals surface area contributed by atoms with Crippen LogP contribution in [-0.2, 0) is 11.2 Å². The van der Waals surface area contributed by atoms with E-state index < -0.39 is 0 Å². The van der Waals surface area contributed by atoms with Crippen LogP contribution in [0, 0.1) is 0 Å². The average Bonchev–Trinajstić information content (AvgIpc) is 3.17. The van der Waals surface area contributed by atoms with Gasteiger partial charge in [-0.1, -0.05) is 5.16 Å². The summed E-state index contributed by atoms with van der Waals surface area (Å²) in [5.41, 5.74) is 0. The summed E-state index contributed by atoms with van der Waals surface area (Å²) in [5, 5.41) is 7.51. The summed E-state index contributed by atoms with van der Waals surface area (Å²) < 4.78 is 11.0. The highest BCUT2D eigenvalue weighted by Crippen LogP contribution is 2.20. The molecule has 0 radical (unpaired) electrons. The van der Waals surface area contributed by atoms with Gasteiger partial charge in [0.05, 0.1) is 12.1 Å². The maximum Gasteiger partial charge on any atom is 0.226 e. The Morgan fingerprint density at radius 3 is 3.00 bits per heavy atom. The molecule has 3 heterocycles. The summed E-state index contributed by atoms with van der Waals surface area (Å²) in [6, 6.07) is 0.234. The lowest BCUT2D eigenvalue weighted by Crippen LogP contribution is -2.44. The van der Waals surface area contributed by atoms with Crippen molar-refractivity contribution in [3.05, 3.63) is 11.7 Å². The van der Waals surface area contributed by atoms with Gasteiger partial charge in [-0.05, 0) is 26.2 Å². The van der Waals surface area contributed by atoms with Crippen LogP contribution in [0.1, 0.15) is 43.9 Å². The van der Waals surface area contributed by atoms with Gasteiger partial charge >= 0.3 is 0 Å². The van der Waals surface area contributed by atoms with Gasteiger partial charge in [0.25, 0.3) is 0 Å². The minimum atomic E-state index is 0.234. The first-order valence-corrected chi connectivity index (χ1v) is 7.72. The number of ether oxygens (including phenoxy) is 1. The normalized spacial score (nSPS) is 25.9. The Hall–Kier alpha value is -0.980. The van der Waals surface area contributed by atoms with Crippen LogP contribution in [0.25, 0.3) is 0 Å². The summed E-state index contributed by atoms with van der Waals surface area (Å²) in [6.45, 7) is 7.21. The predicted octanol–water partition coefficient (Wildman–Crippen LogP) is 1.15. The van der Waals surface area contributed by atoms with Crippen molar-refractivity contribution < 1.29 is 9.26 Å². The number of hydrogen-bond acceptors (Lipinski definition) is 6. The number of aromatic nitrogens is 2. The minimum Gasteiger partial charge on any atom is -0.378 e. The molecule has 0 aromatic carbocycles. The van der Waals surface area contributed by atoms with E-state index in [4.69, 9.17) is 9.26 Å². The van der Waals surface area contributed by atoms with Gasteiger partial charge in [-0.3, -0.25) is 4.90 Å². The SMILES string of the molecule is CC(c1noc(CCC2CCCO2)n1)N1CCNCC1. The van der Waals surface area contributed by atoms with E-state index >= 15 is 0 Å². The molecule has 0 aliphatic carbocycles. The molecule has 0 spiro atoms. The average molecular weight is 280 g/mol. The Bertz CT molecular complexity index is 411. The second kappa shape index (κ2) is 6.65. The molecule has 3 rings (SSSR count). The van der Waals surface area contributed by atoms with Gasteiger partial charge in [0.15, 0.2) is 5.82 Å². The van der Waals surface area contributed by atoms with E-state index in [-0.39, 0.29) is 6.04 Å². The van der Waals surface area contributed by atoms with Crippen molar-refractivity contribution in [2.75, 3.05) is 32.8 Å². The Labute approximate surface area is 119 Å². The quantitative estimate of drug-likeness (QED) is 0.873. The fourth-order valence-electron chi connectivity index (χ4n) is 2.93. The lowest BCUT2D eigenvalue weighted by molar-refractivity contribution is 0.102. The fourth-order valence-corrected chi connectivity index (χ4v) is 2.93. The van der Waals surface area contributed by atoms with Crippen LogP contribution in [0.3, 0.4) is 0 Å². The van der Waals surface area contributed by atoms with Crippen LogP contribution in [-0.4, -0.2) is 53.9 Å². The highest BCUT2D eigenvalue weighted by Gasteiger charge is 2.23. The van der Waals surface area contributed by atoms with E-state index in [9.17, 15) is 0 Å². The third kappa shape index (κ3) is 3.37. The van der Waals surface area contributed by atoms with Crippen molar-refractivity contribution in [3.63, 3.8) is 0 Å². The van der Waals surface area contributed by atoms with Crippen molar-refractivity contribution in [2.24, 2.45) is 0 Å². The standard InChI is InChI=1S/C14H24N4O2/c1-11(18-8-6-15-7-9-18)14-16-13(20-17-14)5-4-12-3-2-10-19-12/h11-12,15H,2-10H2,1H3. The summed E-state index contributed by atoms with van der Waals surface area (Å²) in [5.74, 6) is 1.56. The summed E-state index contributed by atoms with van der Waals surface area (Å²) in [7, 11) is 0. The van der Waals surface area contributed by atoms with Gasteiger partial charge in [-0.25, -0.2) is 0 Å². The van der Waals surface area contributed by atoms with Gasteiger partial charge in [0.2, 0.25) is 5.89 Å². The highest BCUT2D eigenvalue weighted by molar-refractivity contribution is 4.95. The molecule has 112 valence electrons. The third-order valence-corrected chi connectivity index (χ3v) is 4.26. The molecule has 0 bridgehead atoms. The Morgan fingerprint density at radius 1 is 1.40 bits per heavy atom. The molecule has 0 saturated carbocycles. The summed E-state index contributed by atoms with van der Waals surface area (Å²) >= 11 is 0. The lowest BCUT2D eigenvalue weighted by Gasteiger charge is -2.30. The molecule has 0 amide bonds. The maximum atomic E-state index is 5.62. The number of hydrogen-bond donors (Lipinski definition) is 1. The fraction of sp³-hybridized carbons (Fsp3) is 0.857. The zero-order chi connectivity index (χ0) is 13.8. The molecule has 2 aliphatic rings. The van der Waals surface area contributed by atoms with Gasteiger partial charge < -0.3 is 14.6 Å². The maximum absolute atomic E-state index is 5.62. The van der Waals surface area contributed by atoms with E-state index in [2.05, 4.69) is 27.3 Å². The van der Waals surface area contributed by atoms with Crippen LogP contribution in [0.5, 0.6) is 0 Å². The lowest BCUT2D eigenvalue weighted by atomic mass is 10.1. The van der Waals surface area contributed by atoms with Crippen molar-refractivity contribution in [1.29, 1.82) is 0 Å². The number of nitrogens with zero attached hydrogens (tertiary/aromatic N) is 3. The Morgan fingerprint density at radius 2 is 2.25 bits per heavy atom. The molecule has 2 aliphatic heterocycles. The number of piperazine rings is 1. The molecule has 1 aromatic rings. The Kier molecular flexibility index (Phi) is 4.65. The van der Waals surface area contributed by atoms with E-state index in [1.165, 1.54) is 6.42 Å². The van der Waals surface area contributed by atoms with Crippen LogP contribution in [0.2, 0.25) is 0 Å². The molecule has 2 fully saturated rings.